The number of Topliss-reactive ketones (excluding diaryl/α,β-unsaturated/α-hetero) is 1. The molecule has 0 radical (unpaired) electrons. The second kappa shape index (κ2) is 7.52. The molecule has 0 saturated carbocycles. The zero-order valence-corrected chi connectivity index (χ0v) is 13.9. The minimum absolute atomic E-state index is 0.0537. The van der Waals surface area contributed by atoms with Gasteiger partial charge in [0.25, 0.3) is 5.91 Å². The second-order valence-electron chi connectivity index (χ2n) is 5.49. The summed E-state index contributed by atoms with van der Waals surface area (Å²) in [5.74, 6) is -0.664. The largest absolute Gasteiger partial charge is 0.324 e. The van der Waals surface area contributed by atoms with E-state index in [2.05, 4.69) is 20.6 Å². The molecule has 0 aliphatic heterocycles. The van der Waals surface area contributed by atoms with Crippen LogP contribution in [0.4, 0.5) is 21.7 Å². The van der Waals surface area contributed by atoms with Gasteiger partial charge in [-0.05, 0) is 49.4 Å². The molecule has 0 spiro atoms. The van der Waals surface area contributed by atoms with Crippen LogP contribution in [0.1, 0.15) is 27.8 Å². The number of rotatable bonds is 5. The Kier molecular flexibility index (Phi) is 4.98. The SMILES string of the molecule is CC(=O)c1cccc(Nc2nccc(C(=O)Nc3ccc(F)cc3)n2)c1. The maximum Gasteiger partial charge on any atom is 0.274 e. The van der Waals surface area contributed by atoms with E-state index in [1.807, 2.05) is 0 Å². The van der Waals surface area contributed by atoms with Crippen molar-refractivity contribution in [1.82, 2.24) is 9.97 Å². The Hall–Kier alpha value is -3.61. The van der Waals surface area contributed by atoms with E-state index in [4.69, 9.17) is 0 Å². The fraction of sp³-hybridized carbons (Fsp3) is 0.0526. The predicted octanol–water partition coefficient (Wildman–Crippen LogP) is 3.81. The van der Waals surface area contributed by atoms with E-state index < -0.39 is 5.91 Å². The molecule has 1 aromatic heterocycles. The number of carbonyl (C=O) groups excluding carboxylic acids is 2. The number of halogens is 1. The molecule has 0 aliphatic rings. The van der Waals surface area contributed by atoms with Crippen molar-refractivity contribution in [3.05, 3.63) is 77.9 Å². The standard InChI is InChI=1S/C19H15FN4O2/c1-12(25)13-3-2-4-16(11-13)23-19-21-10-9-17(24-19)18(26)22-15-7-5-14(20)6-8-15/h2-11H,1H3,(H,22,26)(H,21,23,24). The van der Waals surface area contributed by atoms with Gasteiger partial charge in [0, 0.05) is 23.1 Å². The molecule has 0 aliphatic carbocycles. The lowest BCUT2D eigenvalue weighted by Crippen LogP contribution is -2.14. The lowest BCUT2D eigenvalue weighted by atomic mass is 10.1. The first kappa shape index (κ1) is 17.2. The smallest absolute Gasteiger partial charge is 0.274 e. The summed E-state index contributed by atoms with van der Waals surface area (Å²) >= 11 is 0. The molecule has 26 heavy (non-hydrogen) atoms. The summed E-state index contributed by atoms with van der Waals surface area (Å²) in [5, 5.41) is 5.59. The number of benzene rings is 2. The number of amides is 1. The Bertz CT molecular complexity index is 958. The Morgan fingerprint density at radius 2 is 1.77 bits per heavy atom. The Balaban J connectivity index is 1.75. The first-order valence-corrected chi connectivity index (χ1v) is 7.79. The van der Waals surface area contributed by atoms with Gasteiger partial charge in [0.05, 0.1) is 0 Å². The van der Waals surface area contributed by atoms with Crippen molar-refractivity contribution < 1.29 is 14.0 Å². The average molecular weight is 350 g/mol. The number of nitrogens with zero attached hydrogens (tertiary/aromatic N) is 2. The van der Waals surface area contributed by atoms with Crippen LogP contribution >= 0.6 is 0 Å². The summed E-state index contributed by atoms with van der Waals surface area (Å²) in [6.45, 7) is 1.48. The molecule has 3 aromatic rings. The molecule has 1 heterocycles. The quantitative estimate of drug-likeness (QED) is 0.684. The molecule has 0 atom stereocenters. The highest BCUT2D eigenvalue weighted by Crippen LogP contribution is 2.16. The number of nitrogens with one attached hydrogen (secondary N) is 2. The zero-order valence-electron chi connectivity index (χ0n) is 13.9. The zero-order chi connectivity index (χ0) is 18.5. The second-order valence-corrected chi connectivity index (χ2v) is 5.49. The summed E-state index contributed by atoms with van der Waals surface area (Å²) < 4.78 is 12.9. The van der Waals surface area contributed by atoms with E-state index in [9.17, 15) is 14.0 Å². The van der Waals surface area contributed by atoms with Crippen LogP contribution in [-0.2, 0) is 0 Å². The van der Waals surface area contributed by atoms with Crippen LogP contribution in [-0.4, -0.2) is 21.7 Å². The lowest BCUT2D eigenvalue weighted by molar-refractivity contribution is 0.101. The highest BCUT2D eigenvalue weighted by molar-refractivity contribution is 6.03. The first-order chi connectivity index (χ1) is 12.5. The van der Waals surface area contributed by atoms with Crippen LogP contribution in [0.25, 0.3) is 0 Å². The molecule has 6 nitrogen and oxygen atoms in total. The third-order valence-electron chi connectivity index (χ3n) is 3.52. The molecule has 1 amide bonds. The highest BCUT2D eigenvalue weighted by atomic mass is 19.1. The van der Waals surface area contributed by atoms with E-state index in [0.717, 1.165) is 0 Å². The molecule has 2 aromatic carbocycles. The van der Waals surface area contributed by atoms with Gasteiger partial charge >= 0.3 is 0 Å². The van der Waals surface area contributed by atoms with Crippen LogP contribution < -0.4 is 10.6 Å². The van der Waals surface area contributed by atoms with Gasteiger partial charge in [0.15, 0.2) is 5.78 Å². The molecule has 0 fully saturated rings. The van der Waals surface area contributed by atoms with Gasteiger partial charge in [-0.3, -0.25) is 9.59 Å². The van der Waals surface area contributed by atoms with Gasteiger partial charge in [-0.25, -0.2) is 14.4 Å². The summed E-state index contributed by atoms with van der Waals surface area (Å²) in [6, 6.07) is 13.8. The summed E-state index contributed by atoms with van der Waals surface area (Å²) in [7, 11) is 0. The Morgan fingerprint density at radius 3 is 2.50 bits per heavy atom. The summed E-state index contributed by atoms with van der Waals surface area (Å²) in [5.41, 5.74) is 1.79. The number of aromatic nitrogens is 2. The molecule has 7 heteroatoms. The predicted molar refractivity (Wildman–Crippen MR) is 96.1 cm³/mol. The van der Waals surface area contributed by atoms with E-state index >= 15 is 0 Å². The number of hydrogen-bond donors (Lipinski definition) is 2. The molecule has 0 saturated heterocycles. The topological polar surface area (TPSA) is 84.0 Å². The number of hydrogen-bond acceptors (Lipinski definition) is 5. The Labute approximate surface area is 149 Å². The Morgan fingerprint density at radius 1 is 1.00 bits per heavy atom. The molecular weight excluding hydrogens is 335 g/mol. The van der Waals surface area contributed by atoms with Crippen molar-refractivity contribution in [2.24, 2.45) is 0 Å². The van der Waals surface area contributed by atoms with Crippen molar-refractivity contribution in [3.63, 3.8) is 0 Å². The van der Waals surface area contributed by atoms with Crippen LogP contribution in [0.2, 0.25) is 0 Å². The van der Waals surface area contributed by atoms with Crippen LogP contribution in [0, 0.1) is 5.82 Å². The molecular formula is C19H15FN4O2. The van der Waals surface area contributed by atoms with Gasteiger partial charge < -0.3 is 10.6 Å². The van der Waals surface area contributed by atoms with Crippen molar-refractivity contribution in [1.29, 1.82) is 0 Å². The fourth-order valence-corrected chi connectivity index (χ4v) is 2.22. The minimum atomic E-state index is -0.445. The molecule has 2 N–H and O–H groups in total. The van der Waals surface area contributed by atoms with Gasteiger partial charge in [0.2, 0.25) is 5.95 Å². The fourth-order valence-electron chi connectivity index (χ4n) is 2.22. The van der Waals surface area contributed by atoms with Crippen molar-refractivity contribution >= 4 is 29.0 Å². The number of anilines is 3. The van der Waals surface area contributed by atoms with Gasteiger partial charge in [-0.2, -0.15) is 0 Å². The van der Waals surface area contributed by atoms with Gasteiger partial charge in [0.1, 0.15) is 11.5 Å². The molecule has 0 unspecified atom stereocenters. The monoisotopic (exact) mass is 350 g/mol. The number of ketones is 1. The summed E-state index contributed by atoms with van der Waals surface area (Å²) in [4.78, 5) is 32.0. The van der Waals surface area contributed by atoms with Crippen LogP contribution in [0.5, 0.6) is 0 Å². The highest BCUT2D eigenvalue weighted by Gasteiger charge is 2.10. The van der Waals surface area contributed by atoms with E-state index in [-0.39, 0.29) is 23.2 Å². The third kappa shape index (κ3) is 4.27. The maximum atomic E-state index is 12.9. The van der Waals surface area contributed by atoms with E-state index in [1.54, 1.807) is 24.3 Å². The first-order valence-electron chi connectivity index (χ1n) is 7.79. The van der Waals surface area contributed by atoms with Crippen LogP contribution in [0.3, 0.4) is 0 Å². The van der Waals surface area contributed by atoms with Gasteiger partial charge in [-0.1, -0.05) is 12.1 Å². The molecule has 3 rings (SSSR count). The van der Waals surface area contributed by atoms with Gasteiger partial charge in [-0.15, -0.1) is 0 Å². The van der Waals surface area contributed by atoms with Crippen molar-refractivity contribution in [3.8, 4) is 0 Å². The van der Waals surface area contributed by atoms with E-state index in [0.29, 0.717) is 16.9 Å². The average Bonchev–Trinajstić information content (AvgIpc) is 2.64. The molecule has 130 valence electrons. The third-order valence-corrected chi connectivity index (χ3v) is 3.52. The van der Waals surface area contributed by atoms with Crippen LogP contribution in [0.15, 0.2) is 60.8 Å². The molecule has 0 bridgehead atoms. The number of carbonyl (C=O) groups is 2. The summed E-state index contributed by atoms with van der Waals surface area (Å²) in [6.07, 6.45) is 1.45. The normalized spacial score (nSPS) is 10.2. The van der Waals surface area contributed by atoms with Crippen molar-refractivity contribution in [2.45, 2.75) is 6.92 Å². The minimum Gasteiger partial charge on any atom is -0.324 e. The van der Waals surface area contributed by atoms with Crippen molar-refractivity contribution in [2.75, 3.05) is 10.6 Å². The van der Waals surface area contributed by atoms with E-state index in [1.165, 1.54) is 43.5 Å². The lowest BCUT2D eigenvalue weighted by Gasteiger charge is -2.08. The maximum absolute atomic E-state index is 12.9.